The van der Waals surface area contributed by atoms with Crippen LogP contribution in [0.4, 0.5) is 4.39 Å². The van der Waals surface area contributed by atoms with Gasteiger partial charge in [-0.05, 0) is 32.9 Å². The molecule has 96 valence electrons. The molecule has 0 aliphatic carbocycles. The second-order valence-electron chi connectivity index (χ2n) is 5.29. The van der Waals surface area contributed by atoms with E-state index in [1.807, 2.05) is 6.07 Å². The summed E-state index contributed by atoms with van der Waals surface area (Å²) in [6, 6.07) is 6.33. The van der Waals surface area contributed by atoms with Crippen molar-refractivity contribution in [2.45, 2.75) is 32.9 Å². The zero-order valence-corrected chi connectivity index (χ0v) is 10.8. The van der Waals surface area contributed by atoms with Crippen molar-refractivity contribution in [3.63, 3.8) is 0 Å². The van der Waals surface area contributed by atoms with E-state index in [0.717, 1.165) is 5.56 Å². The SMILES string of the molecule is CC(C)(C)NCc1cnoc1-c1cccc(F)c1. The summed E-state index contributed by atoms with van der Waals surface area (Å²) >= 11 is 0. The Morgan fingerprint density at radius 2 is 2.11 bits per heavy atom. The van der Waals surface area contributed by atoms with Gasteiger partial charge in [0.1, 0.15) is 5.82 Å². The number of hydrogen-bond acceptors (Lipinski definition) is 3. The van der Waals surface area contributed by atoms with Crippen LogP contribution in [0.5, 0.6) is 0 Å². The van der Waals surface area contributed by atoms with Gasteiger partial charge >= 0.3 is 0 Å². The largest absolute Gasteiger partial charge is 0.356 e. The Balaban J connectivity index is 2.23. The Kier molecular flexibility index (Phi) is 3.48. The molecule has 2 aromatic rings. The summed E-state index contributed by atoms with van der Waals surface area (Å²) in [5, 5.41) is 7.15. The fourth-order valence-electron chi connectivity index (χ4n) is 1.61. The summed E-state index contributed by atoms with van der Waals surface area (Å²) in [5.41, 5.74) is 1.64. The van der Waals surface area contributed by atoms with Crippen LogP contribution < -0.4 is 5.32 Å². The molecule has 1 aromatic heterocycles. The first-order valence-corrected chi connectivity index (χ1v) is 5.90. The molecule has 0 fully saturated rings. The Morgan fingerprint density at radius 1 is 1.33 bits per heavy atom. The third-order valence-corrected chi connectivity index (χ3v) is 2.54. The minimum atomic E-state index is -0.279. The number of nitrogens with one attached hydrogen (secondary N) is 1. The van der Waals surface area contributed by atoms with E-state index in [-0.39, 0.29) is 11.4 Å². The van der Waals surface area contributed by atoms with Crippen LogP contribution in [0.2, 0.25) is 0 Å². The molecule has 0 bridgehead atoms. The molecule has 0 radical (unpaired) electrons. The highest BCUT2D eigenvalue weighted by atomic mass is 19.1. The second-order valence-corrected chi connectivity index (χ2v) is 5.29. The molecule has 3 nitrogen and oxygen atoms in total. The summed E-state index contributed by atoms with van der Waals surface area (Å²) in [4.78, 5) is 0. The molecule has 0 spiro atoms. The van der Waals surface area contributed by atoms with Gasteiger partial charge in [0.15, 0.2) is 5.76 Å². The highest BCUT2D eigenvalue weighted by Gasteiger charge is 2.14. The van der Waals surface area contributed by atoms with E-state index in [9.17, 15) is 4.39 Å². The molecule has 0 aliphatic heterocycles. The van der Waals surface area contributed by atoms with Crippen molar-refractivity contribution in [3.8, 4) is 11.3 Å². The van der Waals surface area contributed by atoms with E-state index >= 15 is 0 Å². The molecule has 1 heterocycles. The smallest absolute Gasteiger partial charge is 0.171 e. The van der Waals surface area contributed by atoms with E-state index in [0.29, 0.717) is 17.9 Å². The van der Waals surface area contributed by atoms with Crippen molar-refractivity contribution < 1.29 is 8.91 Å². The lowest BCUT2D eigenvalue weighted by Crippen LogP contribution is -2.35. The first-order valence-electron chi connectivity index (χ1n) is 5.90. The average molecular weight is 248 g/mol. The van der Waals surface area contributed by atoms with Crippen molar-refractivity contribution in [2.24, 2.45) is 0 Å². The van der Waals surface area contributed by atoms with Gasteiger partial charge in [0.05, 0.1) is 6.20 Å². The average Bonchev–Trinajstić information content (AvgIpc) is 2.73. The highest BCUT2D eigenvalue weighted by molar-refractivity contribution is 5.60. The van der Waals surface area contributed by atoms with Crippen molar-refractivity contribution in [2.75, 3.05) is 0 Å². The molecule has 0 amide bonds. The normalized spacial score (nSPS) is 11.8. The number of benzene rings is 1. The topological polar surface area (TPSA) is 38.1 Å². The van der Waals surface area contributed by atoms with Gasteiger partial charge in [-0.3, -0.25) is 0 Å². The number of nitrogens with zero attached hydrogens (tertiary/aromatic N) is 1. The van der Waals surface area contributed by atoms with Crippen LogP contribution in [0.25, 0.3) is 11.3 Å². The Labute approximate surface area is 106 Å². The molecule has 0 saturated heterocycles. The molecule has 0 saturated carbocycles. The lowest BCUT2D eigenvalue weighted by atomic mass is 10.1. The summed E-state index contributed by atoms with van der Waals surface area (Å²) in [7, 11) is 0. The first-order chi connectivity index (χ1) is 8.46. The molecular weight excluding hydrogens is 231 g/mol. The van der Waals surface area contributed by atoms with Crippen LogP contribution in [0.1, 0.15) is 26.3 Å². The van der Waals surface area contributed by atoms with Crippen LogP contribution in [0, 0.1) is 5.82 Å². The minimum absolute atomic E-state index is 0.0104. The van der Waals surface area contributed by atoms with Crippen molar-refractivity contribution >= 4 is 0 Å². The quantitative estimate of drug-likeness (QED) is 0.905. The fraction of sp³-hybridized carbons (Fsp3) is 0.357. The molecule has 1 aromatic carbocycles. The van der Waals surface area contributed by atoms with Crippen molar-refractivity contribution in [1.82, 2.24) is 10.5 Å². The van der Waals surface area contributed by atoms with Gasteiger partial charge in [-0.2, -0.15) is 0 Å². The number of aromatic nitrogens is 1. The van der Waals surface area contributed by atoms with E-state index in [4.69, 9.17) is 4.52 Å². The Bertz CT molecular complexity index is 529. The van der Waals surface area contributed by atoms with Crippen LogP contribution in [-0.4, -0.2) is 10.7 Å². The molecule has 0 aliphatic rings. The maximum absolute atomic E-state index is 13.2. The third-order valence-electron chi connectivity index (χ3n) is 2.54. The molecule has 0 unspecified atom stereocenters. The maximum atomic E-state index is 13.2. The highest BCUT2D eigenvalue weighted by Crippen LogP contribution is 2.24. The molecule has 18 heavy (non-hydrogen) atoms. The van der Waals surface area contributed by atoms with Crippen LogP contribution in [-0.2, 0) is 6.54 Å². The monoisotopic (exact) mass is 248 g/mol. The summed E-state index contributed by atoms with van der Waals surface area (Å²) in [6.45, 7) is 6.89. The van der Waals surface area contributed by atoms with Gasteiger partial charge < -0.3 is 9.84 Å². The molecule has 4 heteroatoms. The Morgan fingerprint density at radius 3 is 2.78 bits per heavy atom. The summed E-state index contributed by atoms with van der Waals surface area (Å²) in [6.07, 6.45) is 1.67. The number of rotatable bonds is 3. The molecule has 2 rings (SSSR count). The predicted molar refractivity (Wildman–Crippen MR) is 68.5 cm³/mol. The standard InChI is InChI=1S/C14H17FN2O/c1-14(2,3)16-8-11-9-17-18-13(11)10-5-4-6-12(15)7-10/h4-7,9,16H,8H2,1-3H3. The fourth-order valence-corrected chi connectivity index (χ4v) is 1.61. The van der Waals surface area contributed by atoms with Crippen LogP contribution in [0.3, 0.4) is 0 Å². The molecule has 0 atom stereocenters. The third kappa shape index (κ3) is 3.17. The van der Waals surface area contributed by atoms with Gasteiger partial charge in [0, 0.05) is 23.2 Å². The maximum Gasteiger partial charge on any atom is 0.171 e. The lowest BCUT2D eigenvalue weighted by molar-refractivity contribution is 0.418. The van der Waals surface area contributed by atoms with Gasteiger partial charge in [-0.15, -0.1) is 0 Å². The van der Waals surface area contributed by atoms with E-state index in [1.165, 1.54) is 12.1 Å². The Hall–Kier alpha value is -1.68. The second kappa shape index (κ2) is 4.90. The zero-order valence-electron chi connectivity index (χ0n) is 10.8. The van der Waals surface area contributed by atoms with Crippen LogP contribution in [0.15, 0.2) is 35.0 Å². The lowest BCUT2D eigenvalue weighted by Gasteiger charge is -2.20. The summed E-state index contributed by atoms with van der Waals surface area (Å²) in [5.74, 6) is 0.338. The van der Waals surface area contributed by atoms with Gasteiger partial charge in [0.25, 0.3) is 0 Å². The molecular formula is C14H17FN2O. The number of halogens is 1. The van der Waals surface area contributed by atoms with Crippen molar-refractivity contribution in [1.29, 1.82) is 0 Å². The molecule has 1 N–H and O–H groups in total. The minimum Gasteiger partial charge on any atom is -0.356 e. The first kappa shape index (κ1) is 12.8. The van der Waals surface area contributed by atoms with Gasteiger partial charge in [-0.25, -0.2) is 4.39 Å². The number of hydrogen-bond donors (Lipinski definition) is 1. The zero-order chi connectivity index (χ0) is 13.2. The van der Waals surface area contributed by atoms with E-state index in [2.05, 4.69) is 31.2 Å². The van der Waals surface area contributed by atoms with Gasteiger partial charge in [-0.1, -0.05) is 17.3 Å². The van der Waals surface area contributed by atoms with Crippen molar-refractivity contribution in [3.05, 3.63) is 41.8 Å². The van der Waals surface area contributed by atoms with E-state index < -0.39 is 0 Å². The van der Waals surface area contributed by atoms with Gasteiger partial charge in [0.2, 0.25) is 0 Å². The summed E-state index contributed by atoms with van der Waals surface area (Å²) < 4.78 is 18.4. The predicted octanol–water partition coefficient (Wildman–Crippen LogP) is 3.37. The van der Waals surface area contributed by atoms with E-state index in [1.54, 1.807) is 12.3 Å². The van der Waals surface area contributed by atoms with Crippen LogP contribution >= 0.6 is 0 Å².